The highest BCUT2D eigenvalue weighted by atomic mass is 19.1. The zero-order valence-electron chi connectivity index (χ0n) is 9.52. The lowest BCUT2D eigenvalue weighted by molar-refractivity contribution is 0.450. The van der Waals surface area contributed by atoms with Gasteiger partial charge in [0.1, 0.15) is 11.6 Å². The van der Waals surface area contributed by atoms with Gasteiger partial charge in [-0.25, -0.2) is 4.39 Å². The second kappa shape index (κ2) is 3.92. The molecule has 2 heterocycles. The Morgan fingerprint density at radius 3 is 2.82 bits per heavy atom. The monoisotopic (exact) mass is 232 g/mol. The first kappa shape index (κ1) is 10.4. The summed E-state index contributed by atoms with van der Waals surface area (Å²) >= 11 is 0. The van der Waals surface area contributed by atoms with E-state index in [-0.39, 0.29) is 11.9 Å². The Kier molecular flexibility index (Phi) is 2.40. The second-order valence-electron chi connectivity index (χ2n) is 4.20. The Hall–Kier alpha value is -1.75. The zero-order valence-corrected chi connectivity index (χ0v) is 9.52. The molecule has 0 saturated carbocycles. The van der Waals surface area contributed by atoms with E-state index in [0.717, 1.165) is 30.3 Å². The van der Waals surface area contributed by atoms with Crippen LogP contribution in [0.4, 0.5) is 4.39 Å². The number of aryl methyl sites for hydroxylation is 1. The topological polar surface area (TPSA) is 42.7 Å². The molecule has 0 spiro atoms. The van der Waals surface area contributed by atoms with E-state index in [2.05, 4.69) is 20.1 Å². The molecule has 5 heteroatoms. The van der Waals surface area contributed by atoms with Crippen LogP contribution in [0.3, 0.4) is 0 Å². The molecular formula is C12H13FN4. The van der Waals surface area contributed by atoms with Gasteiger partial charge < -0.3 is 9.88 Å². The highest BCUT2D eigenvalue weighted by Gasteiger charge is 2.24. The van der Waals surface area contributed by atoms with E-state index in [1.54, 1.807) is 12.1 Å². The highest BCUT2D eigenvalue weighted by Crippen LogP contribution is 2.23. The first-order valence-corrected chi connectivity index (χ1v) is 5.64. The third-order valence-electron chi connectivity index (χ3n) is 3.11. The van der Waals surface area contributed by atoms with Crippen LogP contribution in [0.1, 0.15) is 23.3 Å². The number of hydrogen-bond donors (Lipinski definition) is 1. The summed E-state index contributed by atoms with van der Waals surface area (Å²) < 4.78 is 15.0. The SMILES string of the molecule is Cc1nnc2n1CCN[C@@H]2c1ccc(F)cc1. The van der Waals surface area contributed by atoms with Gasteiger partial charge in [-0.05, 0) is 24.6 Å². The van der Waals surface area contributed by atoms with E-state index in [1.165, 1.54) is 12.1 Å². The van der Waals surface area contributed by atoms with Gasteiger partial charge in [-0.1, -0.05) is 12.1 Å². The molecule has 0 fully saturated rings. The fourth-order valence-electron chi connectivity index (χ4n) is 2.22. The third kappa shape index (κ3) is 1.72. The smallest absolute Gasteiger partial charge is 0.154 e. The van der Waals surface area contributed by atoms with E-state index < -0.39 is 0 Å². The number of halogens is 1. The first-order valence-electron chi connectivity index (χ1n) is 5.64. The van der Waals surface area contributed by atoms with Crippen molar-refractivity contribution in [3.63, 3.8) is 0 Å². The zero-order chi connectivity index (χ0) is 11.8. The van der Waals surface area contributed by atoms with Crippen molar-refractivity contribution in [2.75, 3.05) is 6.54 Å². The average molecular weight is 232 g/mol. The number of rotatable bonds is 1. The number of nitrogens with one attached hydrogen (secondary N) is 1. The third-order valence-corrected chi connectivity index (χ3v) is 3.11. The number of nitrogens with zero attached hydrogens (tertiary/aromatic N) is 3. The van der Waals surface area contributed by atoms with Crippen LogP contribution in [0.2, 0.25) is 0 Å². The van der Waals surface area contributed by atoms with Gasteiger partial charge in [-0.2, -0.15) is 0 Å². The Balaban J connectivity index is 2.02. The van der Waals surface area contributed by atoms with Crippen molar-refractivity contribution in [2.45, 2.75) is 19.5 Å². The van der Waals surface area contributed by atoms with Gasteiger partial charge in [0.05, 0.1) is 6.04 Å². The summed E-state index contributed by atoms with van der Waals surface area (Å²) in [6.45, 7) is 3.70. The average Bonchev–Trinajstić information content (AvgIpc) is 2.73. The summed E-state index contributed by atoms with van der Waals surface area (Å²) in [5, 5.41) is 11.7. The minimum absolute atomic E-state index is 0.00514. The van der Waals surface area contributed by atoms with Crippen molar-refractivity contribution < 1.29 is 4.39 Å². The molecule has 3 rings (SSSR count). The molecule has 0 saturated heterocycles. The van der Waals surface area contributed by atoms with Crippen molar-refractivity contribution in [2.24, 2.45) is 0 Å². The Morgan fingerprint density at radius 1 is 1.29 bits per heavy atom. The van der Waals surface area contributed by atoms with Crippen LogP contribution in [-0.2, 0) is 6.54 Å². The minimum atomic E-state index is -0.220. The van der Waals surface area contributed by atoms with Crippen molar-refractivity contribution in [3.05, 3.63) is 47.3 Å². The van der Waals surface area contributed by atoms with Gasteiger partial charge in [0.25, 0.3) is 0 Å². The lowest BCUT2D eigenvalue weighted by atomic mass is 10.0. The number of aromatic nitrogens is 3. The van der Waals surface area contributed by atoms with Crippen LogP contribution < -0.4 is 5.32 Å². The Labute approximate surface area is 98.5 Å². The van der Waals surface area contributed by atoms with Crippen LogP contribution in [-0.4, -0.2) is 21.3 Å². The molecule has 1 N–H and O–H groups in total. The summed E-state index contributed by atoms with van der Waals surface area (Å²) in [5.41, 5.74) is 1.01. The first-order chi connectivity index (χ1) is 8.25. The predicted octanol–water partition coefficient (Wildman–Crippen LogP) is 1.42. The normalized spacial score (nSPS) is 19.1. The van der Waals surface area contributed by atoms with Crippen molar-refractivity contribution in [3.8, 4) is 0 Å². The quantitative estimate of drug-likeness (QED) is 0.808. The molecule has 17 heavy (non-hydrogen) atoms. The van der Waals surface area contributed by atoms with E-state index in [1.807, 2.05) is 6.92 Å². The van der Waals surface area contributed by atoms with Crippen LogP contribution in [0.5, 0.6) is 0 Å². The molecule has 1 aromatic carbocycles. The summed E-state index contributed by atoms with van der Waals surface area (Å²) in [7, 11) is 0. The highest BCUT2D eigenvalue weighted by molar-refractivity contribution is 5.26. The van der Waals surface area contributed by atoms with E-state index in [9.17, 15) is 4.39 Å². The second-order valence-corrected chi connectivity index (χ2v) is 4.20. The van der Waals surface area contributed by atoms with Gasteiger partial charge in [0.15, 0.2) is 5.82 Å². The van der Waals surface area contributed by atoms with Gasteiger partial charge >= 0.3 is 0 Å². The van der Waals surface area contributed by atoms with Crippen LogP contribution in [0, 0.1) is 12.7 Å². The van der Waals surface area contributed by atoms with E-state index >= 15 is 0 Å². The van der Waals surface area contributed by atoms with Gasteiger partial charge in [0.2, 0.25) is 0 Å². The molecule has 0 radical (unpaired) electrons. The van der Waals surface area contributed by atoms with Crippen LogP contribution in [0.15, 0.2) is 24.3 Å². The Morgan fingerprint density at radius 2 is 2.06 bits per heavy atom. The van der Waals surface area contributed by atoms with Crippen molar-refractivity contribution >= 4 is 0 Å². The lowest BCUT2D eigenvalue weighted by Crippen LogP contribution is -2.34. The molecule has 1 aromatic heterocycles. The molecule has 0 unspecified atom stereocenters. The molecule has 2 aromatic rings. The molecular weight excluding hydrogens is 219 g/mol. The molecule has 0 bridgehead atoms. The summed E-state index contributed by atoms with van der Waals surface area (Å²) in [5.74, 6) is 1.61. The molecule has 1 atom stereocenters. The Bertz CT molecular complexity index is 532. The van der Waals surface area contributed by atoms with Crippen LogP contribution in [0.25, 0.3) is 0 Å². The molecule has 0 amide bonds. The predicted molar refractivity (Wildman–Crippen MR) is 61.0 cm³/mol. The van der Waals surface area contributed by atoms with Gasteiger partial charge in [-0.3, -0.25) is 0 Å². The number of benzene rings is 1. The van der Waals surface area contributed by atoms with Crippen molar-refractivity contribution in [1.82, 2.24) is 20.1 Å². The fraction of sp³-hybridized carbons (Fsp3) is 0.333. The molecule has 0 aliphatic carbocycles. The van der Waals surface area contributed by atoms with E-state index in [4.69, 9.17) is 0 Å². The maximum absolute atomic E-state index is 12.9. The minimum Gasteiger partial charge on any atom is -0.312 e. The van der Waals surface area contributed by atoms with Gasteiger partial charge in [-0.15, -0.1) is 10.2 Å². The summed E-state index contributed by atoms with van der Waals surface area (Å²) in [6.07, 6.45) is 0. The summed E-state index contributed by atoms with van der Waals surface area (Å²) in [4.78, 5) is 0. The molecule has 1 aliphatic rings. The van der Waals surface area contributed by atoms with E-state index in [0.29, 0.717) is 0 Å². The lowest BCUT2D eigenvalue weighted by Gasteiger charge is -2.25. The number of fused-ring (bicyclic) bond motifs is 1. The molecule has 4 nitrogen and oxygen atoms in total. The van der Waals surface area contributed by atoms with Gasteiger partial charge in [0, 0.05) is 13.1 Å². The van der Waals surface area contributed by atoms with Crippen molar-refractivity contribution in [1.29, 1.82) is 0 Å². The molecule has 88 valence electrons. The van der Waals surface area contributed by atoms with Crippen LogP contribution >= 0.6 is 0 Å². The molecule has 1 aliphatic heterocycles. The largest absolute Gasteiger partial charge is 0.312 e. The maximum Gasteiger partial charge on any atom is 0.154 e. The summed E-state index contributed by atoms with van der Waals surface area (Å²) in [6, 6.07) is 6.52. The standard InChI is InChI=1S/C12H13FN4/c1-8-15-16-12-11(14-6-7-17(8)12)9-2-4-10(13)5-3-9/h2-5,11,14H,6-7H2,1H3/t11-/m1/s1. The number of hydrogen-bond acceptors (Lipinski definition) is 3. The fourth-order valence-corrected chi connectivity index (χ4v) is 2.22. The maximum atomic E-state index is 12.9.